The van der Waals surface area contributed by atoms with Crippen molar-refractivity contribution in [3.8, 4) is 33.9 Å². The molecule has 5 heterocycles. The highest BCUT2D eigenvalue weighted by atomic mass is 32.2. The topological polar surface area (TPSA) is 135 Å². The number of aromatic amines is 1. The summed E-state index contributed by atoms with van der Waals surface area (Å²) in [7, 11) is -3.57. The third kappa shape index (κ3) is 5.66. The van der Waals surface area contributed by atoms with Crippen molar-refractivity contribution < 1.29 is 8.42 Å². The summed E-state index contributed by atoms with van der Waals surface area (Å²) in [6.07, 6.45) is 6.63. The lowest BCUT2D eigenvalue weighted by molar-refractivity contribution is 0.202. The van der Waals surface area contributed by atoms with Crippen molar-refractivity contribution >= 4 is 15.6 Å². The van der Waals surface area contributed by atoms with Crippen molar-refractivity contribution in [3.63, 3.8) is 0 Å². The number of sulfone groups is 1. The molecule has 1 aliphatic rings. The lowest BCUT2D eigenvalue weighted by atomic mass is 9.95. The second kappa shape index (κ2) is 11.1. The van der Waals surface area contributed by atoms with Gasteiger partial charge in [0.25, 0.3) is 10.9 Å². The predicted octanol–water partition coefficient (Wildman–Crippen LogP) is 4.42. The number of rotatable bonds is 7. The molecule has 1 aliphatic heterocycles. The molecule has 0 saturated carbocycles. The highest BCUT2D eigenvalue weighted by molar-refractivity contribution is 7.90. The predicted molar refractivity (Wildman–Crippen MR) is 162 cm³/mol. The molecule has 0 bridgehead atoms. The van der Waals surface area contributed by atoms with Crippen LogP contribution < -0.4 is 0 Å². The highest BCUT2D eigenvalue weighted by Crippen LogP contribution is 2.32. The van der Waals surface area contributed by atoms with E-state index in [1.807, 2.05) is 48.5 Å². The second-order valence-corrected chi connectivity index (χ2v) is 12.7. The number of nitrogens with one attached hydrogen (secondary N) is 1. The Bertz CT molecular complexity index is 1980. The van der Waals surface area contributed by atoms with Gasteiger partial charge in [-0.05, 0) is 49.2 Å². The summed E-state index contributed by atoms with van der Waals surface area (Å²) < 4.78 is 25.6. The van der Waals surface area contributed by atoms with Crippen LogP contribution in [-0.2, 0) is 16.4 Å². The van der Waals surface area contributed by atoms with Crippen molar-refractivity contribution in [1.29, 1.82) is 0 Å². The standard InChI is InChI=1S/C31H29N9O2S/c1-43(41,42)31-35-30-33-27(25(20-40(30)38-31)22-7-3-2-4-8-22)23-12-10-21(11-13-23)19-39-17-14-24(15-18-39)28-34-29(37-36-28)26-9-5-6-16-32-26/h2-13,16,20,24H,14-15,17-19H2,1H3,(H,34,36,37). The number of nitrogens with zero attached hydrogens (tertiary/aromatic N) is 8. The monoisotopic (exact) mass is 591 g/mol. The van der Waals surface area contributed by atoms with Crippen LogP contribution in [-0.4, -0.2) is 72.4 Å². The van der Waals surface area contributed by atoms with Crippen molar-refractivity contribution in [1.82, 2.24) is 44.6 Å². The number of likely N-dealkylation sites (tertiary alicyclic amines) is 1. The summed E-state index contributed by atoms with van der Waals surface area (Å²) in [6.45, 7) is 2.78. The minimum absolute atomic E-state index is 0.237. The SMILES string of the molecule is CS(=O)(=O)c1nc2nc(-c3ccc(CN4CCC(c5n[nH]c(-c6ccccn6)n5)CC4)cc3)c(-c3ccccc3)cn2n1. The van der Waals surface area contributed by atoms with Gasteiger partial charge in [-0.25, -0.2) is 22.9 Å². The maximum Gasteiger partial charge on any atom is 0.268 e. The van der Waals surface area contributed by atoms with Crippen LogP contribution in [0.15, 0.2) is 90.3 Å². The smallest absolute Gasteiger partial charge is 0.268 e. The van der Waals surface area contributed by atoms with Gasteiger partial charge in [0.2, 0.25) is 9.84 Å². The number of H-pyrrole nitrogens is 1. The van der Waals surface area contributed by atoms with E-state index in [1.165, 1.54) is 10.1 Å². The van der Waals surface area contributed by atoms with E-state index in [0.29, 0.717) is 11.7 Å². The van der Waals surface area contributed by atoms with Crippen LogP contribution in [0, 0.1) is 0 Å². The lowest BCUT2D eigenvalue weighted by Crippen LogP contribution is -2.32. The summed E-state index contributed by atoms with van der Waals surface area (Å²) in [5, 5.41) is 11.4. The zero-order chi connectivity index (χ0) is 29.4. The number of pyridine rings is 1. The molecule has 11 nitrogen and oxygen atoms in total. The molecule has 6 aromatic rings. The van der Waals surface area contributed by atoms with Gasteiger partial charge in [0.15, 0.2) is 11.6 Å². The molecule has 7 rings (SSSR count). The van der Waals surface area contributed by atoms with E-state index in [4.69, 9.17) is 9.97 Å². The molecule has 1 fully saturated rings. The van der Waals surface area contributed by atoms with Crippen LogP contribution in [0.5, 0.6) is 0 Å². The number of hydrogen-bond donors (Lipinski definition) is 1. The van der Waals surface area contributed by atoms with Gasteiger partial charge in [0.05, 0.1) is 5.69 Å². The molecule has 216 valence electrons. The molecule has 43 heavy (non-hydrogen) atoms. The Balaban J connectivity index is 1.07. The zero-order valence-corrected chi connectivity index (χ0v) is 24.3. The summed E-state index contributed by atoms with van der Waals surface area (Å²) >= 11 is 0. The maximum atomic E-state index is 12.1. The third-order valence-corrected chi connectivity index (χ3v) is 8.56. The fourth-order valence-electron chi connectivity index (χ4n) is 5.46. The Morgan fingerprint density at radius 3 is 2.37 bits per heavy atom. The molecule has 0 radical (unpaired) electrons. The summed E-state index contributed by atoms with van der Waals surface area (Å²) in [4.78, 5) is 20.5. The minimum atomic E-state index is -3.57. The number of fused-ring (bicyclic) bond motifs is 1. The molecular weight excluding hydrogens is 562 g/mol. The van der Waals surface area contributed by atoms with E-state index >= 15 is 0 Å². The summed E-state index contributed by atoms with van der Waals surface area (Å²) in [5.74, 6) is 2.13. The Morgan fingerprint density at radius 1 is 0.884 bits per heavy atom. The van der Waals surface area contributed by atoms with Crippen LogP contribution >= 0.6 is 0 Å². The summed E-state index contributed by atoms with van der Waals surface area (Å²) in [6, 6.07) is 24.0. The lowest BCUT2D eigenvalue weighted by Gasteiger charge is -2.30. The highest BCUT2D eigenvalue weighted by Gasteiger charge is 2.24. The van der Waals surface area contributed by atoms with Crippen LogP contribution in [0.4, 0.5) is 0 Å². The minimum Gasteiger partial charge on any atom is -0.299 e. The second-order valence-electron chi connectivity index (χ2n) is 10.8. The number of benzene rings is 2. The fraction of sp³-hybridized carbons (Fsp3) is 0.226. The maximum absolute atomic E-state index is 12.1. The van der Waals surface area contributed by atoms with Gasteiger partial charge in [0, 0.05) is 42.2 Å². The first-order valence-electron chi connectivity index (χ1n) is 14.1. The number of piperidine rings is 1. The number of hydrogen-bond acceptors (Lipinski definition) is 9. The molecule has 0 unspecified atom stereocenters. The largest absolute Gasteiger partial charge is 0.299 e. The third-order valence-electron chi connectivity index (χ3n) is 7.73. The van der Waals surface area contributed by atoms with E-state index in [9.17, 15) is 8.42 Å². The van der Waals surface area contributed by atoms with E-state index in [-0.39, 0.29) is 10.9 Å². The molecule has 1 saturated heterocycles. The van der Waals surface area contributed by atoms with Crippen molar-refractivity contribution in [2.24, 2.45) is 0 Å². The van der Waals surface area contributed by atoms with Gasteiger partial charge in [-0.1, -0.05) is 60.7 Å². The van der Waals surface area contributed by atoms with Crippen molar-refractivity contribution in [2.75, 3.05) is 19.3 Å². The van der Waals surface area contributed by atoms with Gasteiger partial charge < -0.3 is 0 Å². The first kappa shape index (κ1) is 27.0. The van der Waals surface area contributed by atoms with Crippen LogP contribution in [0.2, 0.25) is 0 Å². The van der Waals surface area contributed by atoms with Crippen LogP contribution in [0.1, 0.15) is 30.1 Å². The Hall–Kier alpha value is -4.81. The van der Waals surface area contributed by atoms with Gasteiger partial charge >= 0.3 is 0 Å². The van der Waals surface area contributed by atoms with E-state index in [1.54, 1.807) is 12.4 Å². The fourth-order valence-corrected chi connectivity index (χ4v) is 5.94. The van der Waals surface area contributed by atoms with Crippen molar-refractivity contribution in [2.45, 2.75) is 30.5 Å². The van der Waals surface area contributed by atoms with E-state index in [2.05, 4.69) is 54.4 Å². The van der Waals surface area contributed by atoms with E-state index < -0.39 is 9.84 Å². The van der Waals surface area contributed by atoms with Gasteiger partial charge in [-0.15, -0.1) is 5.10 Å². The number of aromatic nitrogens is 8. The van der Waals surface area contributed by atoms with Crippen LogP contribution in [0.25, 0.3) is 39.7 Å². The normalized spacial score (nSPS) is 14.8. The van der Waals surface area contributed by atoms with Gasteiger partial charge in [0.1, 0.15) is 5.69 Å². The molecular formula is C31H29N9O2S. The molecule has 0 spiro atoms. The quantitative estimate of drug-likeness (QED) is 0.286. The molecule has 2 aromatic carbocycles. The Labute approximate surface area is 248 Å². The molecule has 0 atom stereocenters. The zero-order valence-electron chi connectivity index (χ0n) is 23.5. The average molecular weight is 592 g/mol. The van der Waals surface area contributed by atoms with Crippen molar-refractivity contribution in [3.05, 3.63) is 96.6 Å². The van der Waals surface area contributed by atoms with E-state index in [0.717, 1.165) is 72.6 Å². The first-order chi connectivity index (χ1) is 20.9. The average Bonchev–Trinajstić information content (AvgIpc) is 3.70. The Kier molecular flexibility index (Phi) is 6.99. The molecule has 0 amide bonds. The Morgan fingerprint density at radius 2 is 1.65 bits per heavy atom. The molecule has 1 N–H and O–H groups in total. The summed E-state index contributed by atoms with van der Waals surface area (Å²) in [5.41, 5.74) is 5.44. The molecule has 12 heteroatoms. The van der Waals surface area contributed by atoms with Crippen LogP contribution in [0.3, 0.4) is 0 Å². The first-order valence-corrected chi connectivity index (χ1v) is 16.0. The molecule has 4 aromatic heterocycles. The molecule has 0 aliphatic carbocycles. The van der Waals surface area contributed by atoms with Gasteiger partial charge in [-0.2, -0.15) is 10.1 Å². The van der Waals surface area contributed by atoms with Gasteiger partial charge in [-0.3, -0.25) is 15.0 Å².